The zero-order valence-corrected chi connectivity index (χ0v) is 13.9. The van der Waals surface area contributed by atoms with Crippen molar-refractivity contribution < 1.29 is 9.15 Å². The van der Waals surface area contributed by atoms with Gasteiger partial charge in [-0.3, -0.25) is 0 Å². The average molecular weight is 338 g/mol. The van der Waals surface area contributed by atoms with Gasteiger partial charge in [-0.25, -0.2) is 9.61 Å². The van der Waals surface area contributed by atoms with Crippen LogP contribution in [0.3, 0.4) is 0 Å². The molecule has 0 amide bonds. The number of pyridine rings is 1. The lowest BCUT2D eigenvalue weighted by atomic mass is 10.1. The van der Waals surface area contributed by atoms with E-state index >= 15 is 0 Å². The van der Waals surface area contributed by atoms with Crippen molar-refractivity contribution in [2.75, 3.05) is 11.4 Å². The Morgan fingerprint density at radius 1 is 1.12 bits per heavy atom. The van der Waals surface area contributed by atoms with Crippen LogP contribution in [0.4, 0.5) is 5.82 Å². The second-order valence-corrected chi connectivity index (χ2v) is 6.72. The van der Waals surface area contributed by atoms with Crippen LogP contribution >= 0.6 is 0 Å². The molecule has 0 aromatic carbocycles. The van der Waals surface area contributed by atoms with Gasteiger partial charge in [0, 0.05) is 18.7 Å². The summed E-state index contributed by atoms with van der Waals surface area (Å²) >= 11 is 0. The number of hydrogen-bond donors (Lipinski definition) is 0. The van der Waals surface area contributed by atoms with Crippen molar-refractivity contribution in [1.29, 1.82) is 0 Å². The van der Waals surface area contributed by atoms with Gasteiger partial charge in [-0.1, -0.05) is 15.5 Å². The fourth-order valence-corrected chi connectivity index (χ4v) is 3.41. The zero-order valence-electron chi connectivity index (χ0n) is 13.9. The third-order valence-corrected chi connectivity index (χ3v) is 4.93. The first-order valence-electron chi connectivity index (χ1n) is 8.65. The van der Waals surface area contributed by atoms with Crippen LogP contribution in [0, 0.1) is 6.92 Å². The molecule has 5 rings (SSSR count). The molecule has 2 fully saturated rings. The lowest BCUT2D eigenvalue weighted by Gasteiger charge is -2.24. The Kier molecular flexibility index (Phi) is 3.29. The van der Waals surface area contributed by atoms with E-state index in [0.29, 0.717) is 11.8 Å². The van der Waals surface area contributed by atoms with Crippen molar-refractivity contribution in [3.8, 4) is 11.5 Å². The van der Waals surface area contributed by atoms with Crippen molar-refractivity contribution in [3.63, 3.8) is 0 Å². The lowest BCUT2D eigenvalue weighted by molar-refractivity contribution is 0.299. The van der Waals surface area contributed by atoms with Gasteiger partial charge in [0.05, 0.1) is 11.6 Å². The van der Waals surface area contributed by atoms with Crippen molar-refractivity contribution in [2.24, 2.45) is 0 Å². The maximum Gasteiger partial charge on any atom is 0.259 e. The minimum Gasteiger partial charge on any atom is -0.348 e. The molecule has 0 radical (unpaired) electrons. The van der Waals surface area contributed by atoms with E-state index in [0.717, 1.165) is 60.8 Å². The fourth-order valence-electron chi connectivity index (χ4n) is 3.41. The van der Waals surface area contributed by atoms with Gasteiger partial charge in [-0.2, -0.15) is 4.98 Å². The van der Waals surface area contributed by atoms with Gasteiger partial charge >= 0.3 is 0 Å². The zero-order chi connectivity index (χ0) is 16.8. The Labute approximate surface area is 144 Å². The molecule has 1 saturated carbocycles. The fraction of sp³-hybridized carbons (Fsp3) is 0.471. The highest BCUT2D eigenvalue weighted by Crippen LogP contribution is 2.39. The molecule has 3 aromatic rings. The van der Waals surface area contributed by atoms with Crippen molar-refractivity contribution in [3.05, 3.63) is 35.5 Å². The van der Waals surface area contributed by atoms with Gasteiger partial charge in [0.1, 0.15) is 17.2 Å². The topological polar surface area (TPSA) is 94.0 Å². The van der Waals surface area contributed by atoms with E-state index in [4.69, 9.17) is 9.15 Å². The van der Waals surface area contributed by atoms with E-state index in [-0.39, 0.29) is 6.04 Å². The molecular weight excluding hydrogens is 320 g/mol. The molecule has 1 aliphatic carbocycles. The largest absolute Gasteiger partial charge is 0.348 e. The van der Waals surface area contributed by atoms with Crippen molar-refractivity contribution in [1.82, 2.24) is 25.4 Å². The number of anilines is 1. The molecule has 3 aromatic heterocycles. The maximum absolute atomic E-state index is 5.37. The Hall–Kier alpha value is -2.77. The summed E-state index contributed by atoms with van der Waals surface area (Å²) in [4.78, 5) is 11.3. The Balaban J connectivity index is 1.39. The van der Waals surface area contributed by atoms with E-state index in [2.05, 4.69) is 30.3 Å². The summed E-state index contributed by atoms with van der Waals surface area (Å²) in [6.07, 6.45) is 6.22. The molecule has 0 N–H and O–H groups in total. The van der Waals surface area contributed by atoms with Gasteiger partial charge in [0.15, 0.2) is 5.82 Å². The van der Waals surface area contributed by atoms with Crippen LogP contribution in [-0.4, -0.2) is 32.0 Å². The van der Waals surface area contributed by atoms with Crippen LogP contribution in [0.5, 0.6) is 0 Å². The summed E-state index contributed by atoms with van der Waals surface area (Å²) in [5, 5.41) is 12.0. The summed E-state index contributed by atoms with van der Waals surface area (Å²) in [6, 6.07) is 4.14. The summed E-state index contributed by atoms with van der Waals surface area (Å²) in [5.74, 6) is 2.74. The van der Waals surface area contributed by atoms with Crippen molar-refractivity contribution in [2.45, 2.75) is 44.6 Å². The second-order valence-electron chi connectivity index (χ2n) is 6.72. The molecule has 8 heteroatoms. The number of aryl methyl sites for hydroxylation is 1. The molecule has 25 heavy (non-hydrogen) atoms. The van der Waals surface area contributed by atoms with Gasteiger partial charge in [-0.15, -0.1) is 0 Å². The highest BCUT2D eigenvalue weighted by molar-refractivity contribution is 5.55. The second kappa shape index (κ2) is 5.65. The molecule has 1 aliphatic heterocycles. The third-order valence-electron chi connectivity index (χ3n) is 4.93. The van der Waals surface area contributed by atoms with Gasteiger partial charge in [0.25, 0.3) is 5.89 Å². The average Bonchev–Trinajstić information content (AvgIpc) is 3.03. The van der Waals surface area contributed by atoms with E-state index in [1.54, 1.807) is 6.20 Å². The smallest absolute Gasteiger partial charge is 0.259 e. The minimum absolute atomic E-state index is 0.162. The van der Waals surface area contributed by atoms with E-state index < -0.39 is 0 Å². The van der Waals surface area contributed by atoms with E-state index in [1.807, 2.05) is 19.1 Å². The highest BCUT2D eigenvalue weighted by atomic mass is 16.6. The van der Waals surface area contributed by atoms with Crippen LogP contribution in [0.2, 0.25) is 0 Å². The van der Waals surface area contributed by atoms with Crippen molar-refractivity contribution >= 4 is 5.82 Å². The number of hydrogen-bond acceptors (Lipinski definition) is 8. The van der Waals surface area contributed by atoms with Crippen LogP contribution in [0.25, 0.3) is 11.5 Å². The van der Waals surface area contributed by atoms with Gasteiger partial charge in [0.2, 0.25) is 0 Å². The first-order valence-corrected chi connectivity index (χ1v) is 8.65. The first-order chi connectivity index (χ1) is 12.3. The lowest BCUT2D eigenvalue weighted by Crippen LogP contribution is -2.24. The molecule has 8 nitrogen and oxygen atoms in total. The van der Waals surface area contributed by atoms with Gasteiger partial charge in [-0.05, 0) is 44.7 Å². The van der Waals surface area contributed by atoms with Gasteiger partial charge < -0.3 is 9.42 Å². The molecule has 0 unspecified atom stereocenters. The predicted octanol–water partition coefficient (Wildman–Crippen LogP) is 3.04. The molecule has 0 spiro atoms. The third kappa shape index (κ3) is 2.57. The Bertz CT molecular complexity index is 883. The summed E-state index contributed by atoms with van der Waals surface area (Å²) in [7, 11) is 0. The predicted molar refractivity (Wildman–Crippen MR) is 87.9 cm³/mol. The molecule has 1 atom stereocenters. The molecule has 4 heterocycles. The number of aromatic nitrogens is 5. The Morgan fingerprint density at radius 2 is 2.04 bits per heavy atom. The van der Waals surface area contributed by atoms with E-state index in [1.165, 1.54) is 0 Å². The Morgan fingerprint density at radius 3 is 2.76 bits per heavy atom. The standard InChI is InChI=1S/C17H18N6O2/c1-10-15(21-25-20-10)13-3-2-8-23(13)14-7-6-12(9-18-14)17-19-16(22-24-17)11-4-5-11/h6-7,9,11,13H,2-5,8H2,1H3/t13-/m1/s1. The molecular formula is C17H18N6O2. The first kappa shape index (κ1) is 14.6. The highest BCUT2D eigenvalue weighted by Gasteiger charge is 2.31. The number of nitrogens with zero attached hydrogens (tertiary/aromatic N) is 6. The maximum atomic E-state index is 5.37. The van der Waals surface area contributed by atoms with E-state index in [9.17, 15) is 0 Å². The van der Waals surface area contributed by atoms with Crippen LogP contribution in [-0.2, 0) is 0 Å². The quantitative estimate of drug-likeness (QED) is 0.716. The normalized spacial score (nSPS) is 20.4. The summed E-state index contributed by atoms with van der Waals surface area (Å²) in [5.41, 5.74) is 2.58. The SMILES string of the molecule is Cc1nonc1[C@H]1CCCN1c1ccc(-c2nc(C3CC3)no2)cn1. The summed E-state index contributed by atoms with van der Waals surface area (Å²) < 4.78 is 10.2. The van der Waals surface area contributed by atoms with Crippen LogP contribution in [0.1, 0.15) is 54.9 Å². The monoisotopic (exact) mass is 338 g/mol. The molecule has 1 saturated heterocycles. The molecule has 2 aliphatic rings. The minimum atomic E-state index is 0.162. The summed E-state index contributed by atoms with van der Waals surface area (Å²) in [6.45, 7) is 2.86. The van der Waals surface area contributed by atoms with Crippen LogP contribution in [0.15, 0.2) is 27.5 Å². The number of rotatable bonds is 4. The molecule has 0 bridgehead atoms. The van der Waals surface area contributed by atoms with Crippen LogP contribution < -0.4 is 4.90 Å². The molecule has 128 valence electrons.